The number of benzene rings is 1. The molecule has 7 atom stereocenters. The summed E-state index contributed by atoms with van der Waals surface area (Å²) in [6, 6.07) is 7.61. The monoisotopic (exact) mass is 438 g/mol. The van der Waals surface area contributed by atoms with Crippen molar-refractivity contribution in [3.05, 3.63) is 24.3 Å². The summed E-state index contributed by atoms with van der Waals surface area (Å²) in [7, 11) is 3.54. The van der Waals surface area contributed by atoms with Gasteiger partial charge in [-0.05, 0) is 85.7 Å². The van der Waals surface area contributed by atoms with Crippen molar-refractivity contribution in [3.8, 4) is 5.75 Å². The predicted molar refractivity (Wildman–Crippen MR) is 125 cm³/mol. The van der Waals surface area contributed by atoms with E-state index in [0.717, 1.165) is 18.3 Å². The standard InChI is InChI=1S/C27H38N2O3/c1-26-13-6-9-21(26)19-10-11-23-27(2,22(19)12-14-26)16-20(25(31)29(23)3)24(30)28-17-7-5-8-18(15-17)32-4/h5,7-8,15,19-23H,6,9-14,16H2,1-4H3,(H,28,30)/t19-,20?,21-,22+,23?,26-,27+/m0/s1. The first-order chi connectivity index (χ1) is 15.3. The largest absolute Gasteiger partial charge is 0.497 e. The molecular formula is C27H38N2O3. The summed E-state index contributed by atoms with van der Waals surface area (Å²) in [5.74, 6) is 2.06. The quantitative estimate of drug-likeness (QED) is 0.667. The van der Waals surface area contributed by atoms with Gasteiger partial charge in [-0.1, -0.05) is 26.3 Å². The van der Waals surface area contributed by atoms with E-state index in [1.807, 2.05) is 30.1 Å². The van der Waals surface area contributed by atoms with Crippen LogP contribution in [0, 0.1) is 34.5 Å². The first kappa shape index (κ1) is 21.8. The average Bonchev–Trinajstić information content (AvgIpc) is 3.18. The van der Waals surface area contributed by atoms with Crippen molar-refractivity contribution in [3.63, 3.8) is 0 Å². The van der Waals surface area contributed by atoms with Crippen molar-refractivity contribution in [2.45, 2.75) is 71.3 Å². The Morgan fingerprint density at radius 1 is 1.12 bits per heavy atom. The highest BCUT2D eigenvalue weighted by Gasteiger charge is 2.61. The second kappa shape index (κ2) is 7.78. The zero-order valence-corrected chi connectivity index (χ0v) is 20.0. The van der Waals surface area contributed by atoms with Crippen LogP contribution < -0.4 is 10.1 Å². The van der Waals surface area contributed by atoms with Gasteiger partial charge in [0.15, 0.2) is 0 Å². The second-order valence-electron chi connectivity index (χ2n) is 11.5. The molecule has 174 valence electrons. The van der Waals surface area contributed by atoms with Crippen LogP contribution in [0.25, 0.3) is 0 Å². The summed E-state index contributed by atoms with van der Waals surface area (Å²) in [5, 5.41) is 3.00. The van der Waals surface area contributed by atoms with Crippen LogP contribution >= 0.6 is 0 Å². The average molecular weight is 439 g/mol. The third-order valence-corrected chi connectivity index (χ3v) is 10.0. The Morgan fingerprint density at radius 2 is 1.94 bits per heavy atom. The van der Waals surface area contributed by atoms with Gasteiger partial charge >= 0.3 is 0 Å². The lowest BCUT2D eigenvalue weighted by atomic mass is 9.47. The van der Waals surface area contributed by atoms with Gasteiger partial charge in [-0.3, -0.25) is 9.59 Å². The minimum Gasteiger partial charge on any atom is -0.497 e. The number of amides is 2. The van der Waals surface area contributed by atoms with Crippen LogP contribution in [0.3, 0.4) is 0 Å². The van der Waals surface area contributed by atoms with Crippen LogP contribution in [-0.4, -0.2) is 36.9 Å². The van der Waals surface area contributed by atoms with Crippen LogP contribution in [-0.2, 0) is 9.59 Å². The number of carbonyl (C=O) groups excluding carboxylic acids is 2. The maximum atomic E-state index is 13.3. The van der Waals surface area contributed by atoms with E-state index in [1.165, 1.54) is 38.5 Å². The number of ether oxygens (including phenoxy) is 1. The summed E-state index contributed by atoms with van der Waals surface area (Å²) >= 11 is 0. The highest BCUT2D eigenvalue weighted by atomic mass is 16.5. The fourth-order valence-electron chi connectivity index (χ4n) is 8.41. The van der Waals surface area contributed by atoms with Gasteiger partial charge in [0, 0.05) is 24.8 Å². The van der Waals surface area contributed by atoms with Gasteiger partial charge < -0.3 is 15.0 Å². The van der Waals surface area contributed by atoms with Gasteiger partial charge in [0.05, 0.1) is 7.11 Å². The summed E-state index contributed by atoms with van der Waals surface area (Å²) in [6.07, 6.45) is 9.66. The number of nitrogens with one attached hydrogen (secondary N) is 1. The fraction of sp³-hybridized carbons (Fsp3) is 0.704. The molecule has 0 spiro atoms. The van der Waals surface area contributed by atoms with Gasteiger partial charge in [0.2, 0.25) is 11.8 Å². The number of hydrogen-bond acceptors (Lipinski definition) is 3. The van der Waals surface area contributed by atoms with Gasteiger partial charge in [0.1, 0.15) is 11.7 Å². The summed E-state index contributed by atoms with van der Waals surface area (Å²) in [5.41, 5.74) is 1.20. The van der Waals surface area contributed by atoms with Crippen LogP contribution in [0.4, 0.5) is 5.69 Å². The molecule has 1 saturated heterocycles. The Hall–Kier alpha value is -2.04. The number of rotatable bonds is 3. The summed E-state index contributed by atoms with van der Waals surface area (Å²) < 4.78 is 5.28. The first-order valence-electron chi connectivity index (χ1n) is 12.5. The number of piperidine rings is 1. The first-order valence-corrected chi connectivity index (χ1v) is 12.5. The molecule has 2 amide bonds. The lowest BCUT2D eigenvalue weighted by molar-refractivity contribution is -0.168. The van der Waals surface area contributed by atoms with Gasteiger partial charge in [-0.25, -0.2) is 0 Å². The van der Waals surface area contributed by atoms with E-state index in [4.69, 9.17) is 4.74 Å². The molecule has 1 N–H and O–H groups in total. The number of likely N-dealkylation sites (tertiary alicyclic amines) is 1. The molecule has 4 aliphatic rings. The third-order valence-electron chi connectivity index (χ3n) is 10.0. The Balaban J connectivity index is 1.40. The van der Waals surface area contributed by atoms with Crippen molar-refractivity contribution in [2.75, 3.05) is 19.5 Å². The van der Waals surface area contributed by atoms with Crippen molar-refractivity contribution < 1.29 is 14.3 Å². The zero-order valence-electron chi connectivity index (χ0n) is 20.0. The number of methoxy groups -OCH3 is 1. The smallest absolute Gasteiger partial charge is 0.236 e. The summed E-state index contributed by atoms with van der Waals surface area (Å²) in [4.78, 5) is 28.6. The molecular weight excluding hydrogens is 400 g/mol. The van der Waals surface area contributed by atoms with Crippen molar-refractivity contribution in [2.24, 2.45) is 34.5 Å². The Bertz CT molecular complexity index is 916. The van der Waals surface area contributed by atoms with Gasteiger partial charge in [-0.2, -0.15) is 0 Å². The van der Waals surface area contributed by atoms with Crippen LogP contribution in [0.1, 0.15) is 65.2 Å². The van der Waals surface area contributed by atoms with E-state index in [-0.39, 0.29) is 23.3 Å². The van der Waals surface area contributed by atoms with Crippen molar-refractivity contribution in [1.29, 1.82) is 0 Å². The maximum absolute atomic E-state index is 13.3. The van der Waals surface area contributed by atoms with E-state index in [0.29, 0.717) is 29.2 Å². The van der Waals surface area contributed by atoms with E-state index < -0.39 is 5.92 Å². The van der Waals surface area contributed by atoms with Crippen molar-refractivity contribution in [1.82, 2.24) is 4.90 Å². The van der Waals surface area contributed by atoms with E-state index in [1.54, 1.807) is 13.2 Å². The molecule has 3 aliphatic carbocycles. The zero-order chi connectivity index (χ0) is 22.7. The Kier molecular flexibility index (Phi) is 5.29. The van der Waals surface area contributed by atoms with Crippen LogP contribution in [0.5, 0.6) is 5.75 Å². The number of anilines is 1. The van der Waals surface area contributed by atoms with E-state index in [2.05, 4.69) is 19.2 Å². The number of hydrogen-bond donors (Lipinski definition) is 1. The molecule has 1 aromatic rings. The SMILES string of the molecule is COc1cccc(NC(=O)C2C[C@@]3(C)C(CC[C@@H]4[C@H]3CC[C@]3(C)CCC[C@@H]43)N(C)C2=O)c1. The van der Waals surface area contributed by atoms with Gasteiger partial charge in [-0.15, -0.1) is 0 Å². The Morgan fingerprint density at radius 3 is 2.72 bits per heavy atom. The van der Waals surface area contributed by atoms with E-state index in [9.17, 15) is 9.59 Å². The summed E-state index contributed by atoms with van der Waals surface area (Å²) in [6.45, 7) is 4.91. The molecule has 1 heterocycles. The van der Waals surface area contributed by atoms with Crippen LogP contribution in [0.2, 0.25) is 0 Å². The molecule has 5 nitrogen and oxygen atoms in total. The molecule has 5 rings (SSSR count). The molecule has 1 aromatic carbocycles. The van der Waals surface area contributed by atoms with Crippen LogP contribution in [0.15, 0.2) is 24.3 Å². The molecule has 0 radical (unpaired) electrons. The lowest BCUT2D eigenvalue weighted by Crippen LogP contribution is -2.64. The molecule has 2 unspecified atom stereocenters. The maximum Gasteiger partial charge on any atom is 0.236 e. The molecule has 0 bridgehead atoms. The molecule has 32 heavy (non-hydrogen) atoms. The molecule has 4 fully saturated rings. The molecule has 0 aromatic heterocycles. The minimum absolute atomic E-state index is 0.00583. The molecule has 3 saturated carbocycles. The number of carbonyl (C=O) groups is 2. The predicted octanol–water partition coefficient (Wildman–Crippen LogP) is 5.11. The number of nitrogens with zero attached hydrogens (tertiary/aromatic N) is 1. The van der Waals surface area contributed by atoms with Gasteiger partial charge in [0.25, 0.3) is 0 Å². The second-order valence-corrected chi connectivity index (χ2v) is 11.5. The molecule has 1 aliphatic heterocycles. The molecule has 5 heteroatoms. The topological polar surface area (TPSA) is 58.6 Å². The highest BCUT2D eigenvalue weighted by molar-refractivity contribution is 6.07. The Labute approximate surface area is 192 Å². The van der Waals surface area contributed by atoms with E-state index >= 15 is 0 Å². The minimum atomic E-state index is -0.622. The van der Waals surface area contributed by atoms with Crippen molar-refractivity contribution >= 4 is 17.5 Å². The third kappa shape index (κ3) is 3.26. The fourth-order valence-corrected chi connectivity index (χ4v) is 8.41. The normalized spacial score (nSPS) is 40.8. The lowest BCUT2D eigenvalue weighted by Gasteiger charge is -2.62. The number of fused-ring (bicyclic) bond motifs is 5. The highest BCUT2D eigenvalue weighted by Crippen LogP contribution is 2.65.